The fraction of sp³-hybridized carbons (Fsp3) is 0.500. The van der Waals surface area contributed by atoms with Gasteiger partial charge in [0.05, 0.1) is 18.7 Å². The standard InChI is InChI=1S/C20H27NO5/c1-6-8-11-25-15-9-10-16-14(12-15)13-17(18(22)24-7-2)21(16)19(23)26-20(3,4)5/h9-10,12-13H,6-8,11H2,1-5H3. The van der Waals surface area contributed by atoms with E-state index in [4.69, 9.17) is 14.2 Å². The zero-order valence-electron chi connectivity index (χ0n) is 16.1. The van der Waals surface area contributed by atoms with Crippen LogP contribution in [0.25, 0.3) is 10.9 Å². The van der Waals surface area contributed by atoms with Crippen molar-refractivity contribution in [3.05, 3.63) is 30.0 Å². The van der Waals surface area contributed by atoms with Crippen molar-refractivity contribution in [2.45, 2.75) is 53.1 Å². The monoisotopic (exact) mass is 361 g/mol. The molecule has 0 unspecified atom stereocenters. The van der Waals surface area contributed by atoms with E-state index in [-0.39, 0.29) is 12.3 Å². The first kappa shape index (κ1) is 19.8. The van der Waals surface area contributed by atoms with Gasteiger partial charge in [0, 0.05) is 5.39 Å². The molecular weight excluding hydrogens is 334 g/mol. The van der Waals surface area contributed by atoms with E-state index >= 15 is 0 Å². The molecule has 1 aromatic carbocycles. The number of hydrogen-bond donors (Lipinski definition) is 0. The number of carbonyl (C=O) groups excluding carboxylic acids is 2. The second-order valence-electron chi connectivity index (χ2n) is 6.99. The molecule has 0 aliphatic heterocycles. The number of unbranched alkanes of at least 4 members (excludes halogenated alkanes) is 1. The Labute approximate surface area is 154 Å². The summed E-state index contributed by atoms with van der Waals surface area (Å²) in [5.41, 5.74) is 0.0370. The highest BCUT2D eigenvalue weighted by Gasteiger charge is 2.25. The van der Waals surface area contributed by atoms with Crippen molar-refractivity contribution >= 4 is 23.0 Å². The molecule has 0 fully saturated rings. The summed E-state index contributed by atoms with van der Waals surface area (Å²) in [6.45, 7) is 10.00. The third kappa shape index (κ3) is 4.77. The molecule has 0 saturated carbocycles. The molecule has 0 radical (unpaired) electrons. The number of carbonyl (C=O) groups is 2. The molecule has 0 aliphatic rings. The molecule has 6 nitrogen and oxygen atoms in total. The van der Waals surface area contributed by atoms with Crippen LogP contribution in [0.4, 0.5) is 4.79 Å². The van der Waals surface area contributed by atoms with E-state index in [1.54, 1.807) is 45.9 Å². The zero-order chi connectivity index (χ0) is 19.3. The van der Waals surface area contributed by atoms with E-state index in [0.29, 0.717) is 23.3 Å². The Morgan fingerprint density at radius 3 is 2.46 bits per heavy atom. The lowest BCUT2D eigenvalue weighted by Gasteiger charge is -2.20. The van der Waals surface area contributed by atoms with Gasteiger partial charge in [-0.3, -0.25) is 0 Å². The summed E-state index contributed by atoms with van der Waals surface area (Å²) in [4.78, 5) is 25.0. The second-order valence-corrected chi connectivity index (χ2v) is 6.99. The number of rotatable bonds is 6. The fourth-order valence-corrected chi connectivity index (χ4v) is 2.48. The largest absolute Gasteiger partial charge is 0.494 e. The first-order valence-corrected chi connectivity index (χ1v) is 8.95. The number of benzene rings is 1. The van der Waals surface area contributed by atoms with Crippen LogP contribution in [0.15, 0.2) is 24.3 Å². The molecule has 0 spiro atoms. The number of esters is 1. The minimum atomic E-state index is -0.678. The lowest BCUT2D eigenvalue weighted by Crippen LogP contribution is -2.29. The molecule has 2 rings (SSSR count). The van der Waals surface area contributed by atoms with Crippen molar-refractivity contribution in [2.24, 2.45) is 0 Å². The van der Waals surface area contributed by atoms with Crippen LogP contribution < -0.4 is 4.74 Å². The number of ether oxygens (including phenoxy) is 3. The van der Waals surface area contributed by atoms with Crippen molar-refractivity contribution in [3.8, 4) is 5.75 Å². The van der Waals surface area contributed by atoms with Crippen LogP contribution in [-0.2, 0) is 9.47 Å². The molecule has 1 heterocycles. The fourth-order valence-electron chi connectivity index (χ4n) is 2.48. The van der Waals surface area contributed by atoms with E-state index in [0.717, 1.165) is 12.8 Å². The molecule has 0 bridgehead atoms. The van der Waals surface area contributed by atoms with Crippen LogP contribution in [0.3, 0.4) is 0 Å². The van der Waals surface area contributed by atoms with Gasteiger partial charge in [0.15, 0.2) is 0 Å². The quantitative estimate of drug-likeness (QED) is 0.547. The summed E-state index contributed by atoms with van der Waals surface area (Å²) in [5.74, 6) is 0.130. The molecule has 0 aliphatic carbocycles. The van der Waals surface area contributed by atoms with E-state index in [1.165, 1.54) is 4.57 Å². The first-order chi connectivity index (χ1) is 12.3. The van der Waals surface area contributed by atoms with E-state index in [1.807, 2.05) is 6.07 Å². The van der Waals surface area contributed by atoms with Crippen LogP contribution in [-0.4, -0.2) is 35.4 Å². The van der Waals surface area contributed by atoms with Gasteiger partial charge in [0.25, 0.3) is 0 Å². The molecule has 1 aromatic heterocycles. The summed E-state index contributed by atoms with van der Waals surface area (Å²) < 4.78 is 17.5. The lowest BCUT2D eigenvalue weighted by molar-refractivity contribution is 0.0454. The SMILES string of the molecule is CCCCOc1ccc2c(c1)cc(C(=O)OCC)n2C(=O)OC(C)(C)C. The number of hydrogen-bond acceptors (Lipinski definition) is 5. The molecule has 0 atom stereocenters. The highest BCUT2D eigenvalue weighted by Crippen LogP contribution is 2.26. The topological polar surface area (TPSA) is 66.8 Å². The van der Waals surface area contributed by atoms with Gasteiger partial charge in [-0.1, -0.05) is 13.3 Å². The summed E-state index contributed by atoms with van der Waals surface area (Å²) in [7, 11) is 0. The summed E-state index contributed by atoms with van der Waals surface area (Å²) in [6, 6.07) is 6.98. The Balaban J connectivity index is 2.46. The Hall–Kier alpha value is -2.50. The molecule has 142 valence electrons. The van der Waals surface area contributed by atoms with Gasteiger partial charge in [-0.15, -0.1) is 0 Å². The normalized spacial score (nSPS) is 11.4. The Morgan fingerprint density at radius 1 is 1.12 bits per heavy atom. The van der Waals surface area contributed by atoms with E-state index < -0.39 is 17.7 Å². The van der Waals surface area contributed by atoms with Crippen LogP contribution in [0.2, 0.25) is 0 Å². The minimum Gasteiger partial charge on any atom is -0.494 e. The highest BCUT2D eigenvalue weighted by atomic mass is 16.6. The van der Waals surface area contributed by atoms with Crippen LogP contribution in [0.5, 0.6) is 5.75 Å². The summed E-state index contributed by atoms with van der Waals surface area (Å²) in [6.07, 6.45) is 1.39. The minimum absolute atomic E-state index is 0.141. The molecule has 26 heavy (non-hydrogen) atoms. The molecule has 6 heteroatoms. The second kappa shape index (κ2) is 8.25. The smallest absolute Gasteiger partial charge is 0.419 e. The molecule has 0 amide bonds. The summed E-state index contributed by atoms with van der Waals surface area (Å²) >= 11 is 0. The van der Waals surface area contributed by atoms with E-state index in [9.17, 15) is 9.59 Å². The van der Waals surface area contributed by atoms with Gasteiger partial charge in [0.2, 0.25) is 0 Å². The maximum absolute atomic E-state index is 12.7. The third-order valence-electron chi connectivity index (χ3n) is 3.60. The van der Waals surface area contributed by atoms with Crippen LogP contribution in [0, 0.1) is 0 Å². The van der Waals surface area contributed by atoms with Crippen molar-refractivity contribution in [1.82, 2.24) is 4.57 Å². The maximum atomic E-state index is 12.7. The Bertz CT molecular complexity index is 785. The van der Waals surface area contributed by atoms with Gasteiger partial charge in [0.1, 0.15) is 17.0 Å². The highest BCUT2D eigenvalue weighted by molar-refractivity contribution is 6.01. The average Bonchev–Trinajstić information content (AvgIpc) is 2.92. The number of nitrogens with zero attached hydrogens (tertiary/aromatic N) is 1. The maximum Gasteiger partial charge on any atom is 0.419 e. The third-order valence-corrected chi connectivity index (χ3v) is 3.60. The number of fused-ring (bicyclic) bond motifs is 1. The molecule has 2 aromatic rings. The zero-order valence-corrected chi connectivity index (χ0v) is 16.1. The van der Waals surface area contributed by atoms with E-state index in [2.05, 4.69) is 6.92 Å². The van der Waals surface area contributed by atoms with Crippen molar-refractivity contribution in [1.29, 1.82) is 0 Å². The number of aromatic nitrogens is 1. The van der Waals surface area contributed by atoms with Gasteiger partial charge in [-0.25, -0.2) is 14.2 Å². The van der Waals surface area contributed by atoms with Crippen molar-refractivity contribution in [3.63, 3.8) is 0 Å². The van der Waals surface area contributed by atoms with Crippen molar-refractivity contribution < 1.29 is 23.8 Å². The first-order valence-electron chi connectivity index (χ1n) is 8.95. The van der Waals surface area contributed by atoms with Gasteiger partial charge < -0.3 is 14.2 Å². The predicted molar refractivity (Wildman–Crippen MR) is 99.9 cm³/mol. The van der Waals surface area contributed by atoms with Crippen LogP contribution in [0.1, 0.15) is 57.9 Å². The van der Waals surface area contributed by atoms with Gasteiger partial charge in [-0.05, 0) is 58.4 Å². The lowest BCUT2D eigenvalue weighted by atomic mass is 10.2. The Kier molecular flexibility index (Phi) is 6.29. The Morgan fingerprint density at radius 2 is 1.85 bits per heavy atom. The molecular formula is C20H27NO5. The van der Waals surface area contributed by atoms with Gasteiger partial charge >= 0.3 is 12.1 Å². The average molecular weight is 361 g/mol. The van der Waals surface area contributed by atoms with Crippen LogP contribution >= 0.6 is 0 Å². The molecule has 0 N–H and O–H groups in total. The molecule has 0 saturated heterocycles. The van der Waals surface area contributed by atoms with Crippen molar-refractivity contribution in [2.75, 3.05) is 13.2 Å². The predicted octanol–water partition coefficient (Wildman–Crippen LogP) is 4.78. The van der Waals surface area contributed by atoms with Gasteiger partial charge in [-0.2, -0.15) is 0 Å². The summed E-state index contributed by atoms with van der Waals surface area (Å²) in [5, 5.41) is 0.716.